The lowest BCUT2D eigenvalue weighted by atomic mass is 9.99. The van der Waals surface area contributed by atoms with E-state index in [1.54, 1.807) is 13.3 Å². The lowest BCUT2D eigenvalue weighted by Crippen LogP contribution is -2.37. The zero-order valence-corrected chi connectivity index (χ0v) is 9.72. The van der Waals surface area contributed by atoms with E-state index in [2.05, 4.69) is 9.88 Å². The molecule has 4 nitrogen and oxygen atoms in total. The van der Waals surface area contributed by atoms with Gasteiger partial charge in [0.2, 0.25) is 0 Å². The fourth-order valence-corrected chi connectivity index (χ4v) is 2.25. The normalized spacial score (nSPS) is 21.1. The Labute approximate surface area is 96.4 Å². The van der Waals surface area contributed by atoms with E-state index in [1.807, 2.05) is 12.1 Å². The minimum Gasteiger partial charge on any atom is -0.399 e. The number of piperidine rings is 1. The summed E-state index contributed by atoms with van der Waals surface area (Å²) in [6, 6.07) is 3.76. The van der Waals surface area contributed by atoms with E-state index in [1.165, 1.54) is 12.8 Å². The second-order valence-corrected chi connectivity index (χ2v) is 4.36. The van der Waals surface area contributed by atoms with Crippen LogP contribution < -0.4 is 10.6 Å². The second kappa shape index (κ2) is 5.16. The van der Waals surface area contributed by atoms with E-state index in [4.69, 9.17) is 10.5 Å². The number of nitrogen functional groups attached to an aromatic ring is 1. The first-order valence-corrected chi connectivity index (χ1v) is 5.75. The van der Waals surface area contributed by atoms with Crippen LogP contribution in [0, 0.1) is 5.92 Å². The average molecular weight is 221 g/mol. The maximum absolute atomic E-state index is 5.77. The van der Waals surface area contributed by atoms with Crippen molar-refractivity contribution < 1.29 is 4.74 Å². The van der Waals surface area contributed by atoms with Crippen LogP contribution in [0.5, 0.6) is 0 Å². The molecule has 0 saturated carbocycles. The smallest absolute Gasteiger partial charge is 0.130 e. The highest BCUT2D eigenvalue weighted by Crippen LogP contribution is 2.22. The Morgan fingerprint density at radius 3 is 3.25 bits per heavy atom. The van der Waals surface area contributed by atoms with Crippen LogP contribution in [0.3, 0.4) is 0 Å². The quantitative estimate of drug-likeness (QED) is 0.841. The SMILES string of the molecule is COCC1CCCN(c2cc(N)ccn2)C1. The molecule has 1 aliphatic rings. The van der Waals surface area contributed by atoms with Crippen molar-refractivity contribution >= 4 is 11.5 Å². The number of aromatic nitrogens is 1. The topological polar surface area (TPSA) is 51.4 Å². The maximum atomic E-state index is 5.77. The summed E-state index contributed by atoms with van der Waals surface area (Å²) >= 11 is 0. The predicted molar refractivity (Wildman–Crippen MR) is 65.5 cm³/mol. The van der Waals surface area contributed by atoms with Gasteiger partial charge in [-0.05, 0) is 24.8 Å². The molecule has 1 saturated heterocycles. The van der Waals surface area contributed by atoms with Crippen molar-refractivity contribution in [2.24, 2.45) is 5.92 Å². The Balaban J connectivity index is 2.03. The molecular weight excluding hydrogens is 202 g/mol. The summed E-state index contributed by atoms with van der Waals surface area (Å²) < 4.78 is 5.22. The van der Waals surface area contributed by atoms with Crippen molar-refractivity contribution in [1.82, 2.24) is 4.98 Å². The molecular formula is C12H19N3O. The van der Waals surface area contributed by atoms with Gasteiger partial charge in [-0.15, -0.1) is 0 Å². The van der Waals surface area contributed by atoms with Gasteiger partial charge >= 0.3 is 0 Å². The third-order valence-electron chi connectivity index (χ3n) is 3.01. The molecule has 1 fully saturated rings. The zero-order valence-electron chi connectivity index (χ0n) is 9.72. The third kappa shape index (κ3) is 2.64. The van der Waals surface area contributed by atoms with E-state index >= 15 is 0 Å². The van der Waals surface area contributed by atoms with E-state index < -0.39 is 0 Å². The standard InChI is InChI=1S/C12H19N3O/c1-16-9-10-3-2-6-15(8-10)12-7-11(13)4-5-14-12/h4-5,7,10H,2-3,6,8-9H2,1H3,(H2,13,14). The van der Waals surface area contributed by atoms with Crippen LogP contribution in [-0.4, -0.2) is 31.8 Å². The molecule has 1 unspecified atom stereocenters. The Morgan fingerprint density at radius 1 is 1.62 bits per heavy atom. The highest BCUT2D eigenvalue weighted by Gasteiger charge is 2.20. The fourth-order valence-electron chi connectivity index (χ4n) is 2.25. The maximum Gasteiger partial charge on any atom is 0.130 e. The molecule has 1 atom stereocenters. The van der Waals surface area contributed by atoms with Gasteiger partial charge < -0.3 is 15.4 Å². The molecule has 2 N–H and O–H groups in total. The number of pyridine rings is 1. The van der Waals surface area contributed by atoms with Gasteiger partial charge in [-0.2, -0.15) is 0 Å². The van der Waals surface area contributed by atoms with Crippen molar-refractivity contribution in [3.8, 4) is 0 Å². The summed E-state index contributed by atoms with van der Waals surface area (Å²) in [5.74, 6) is 1.60. The Morgan fingerprint density at radius 2 is 2.50 bits per heavy atom. The van der Waals surface area contributed by atoms with E-state index in [-0.39, 0.29) is 0 Å². The van der Waals surface area contributed by atoms with E-state index in [0.29, 0.717) is 5.92 Å². The van der Waals surface area contributed by atoms with E-state index in [9.17, 15) is 0 Å². The number of rotatable bonds is 3. The average Bonchev–Trinajstić information content (AvgIpc) is 2.30. The van der Waals surface area contributed by atoms with Gasteiger partial charge in [0.05, 0.1) is 6.61 Å². The summed E-state index contributed by atoms with van der Waals surface area (Å²) in [5.41, 5.74) is 6.54. The van der Waals surface area contributed by atoms with Gasteiger partial charge in [-0.1, -0.05) is 0 Å². The number of hydrogen-bond acceptors (Lipinski definition) is 4. The van der Waals surface area contributed by atoms with Crippen molar-refractivity contribution in [2.45, 2.75) is 12.8 Å². The summed E-state index contributed by atoms with van der Waals surface area (Å²) in [4.78, 5) is 6.66. The van der Waals surface area contributed by atoms with Gasteiger partial charge in [0.15, 0.2) is 0 Å². The molecule has 16 heavy (non-hydrogen) atoms. The van der Waals surface area contributed by atoms with Crippen LogP contribution in [0.2, 0.25) is 0 Å². The molecule has 1 aromatic heterocycles. The number of anilines is 2. The summed E-state index contributed by atoms with van der Waals surface area (Å²) in [6.07, 6.45) is 4.21. The molecule has 88 valence electrons. The van der Waals surface area contributed by atoms with Gasteiger partial charge in [0.1, 0.15) is 5.82 Å². The van der Waals surface area contributed by atoms with Crippen LogP contribution in [0.25, 0.3) is 0 Å². The van der Waals surface area contributed by atoms with Gasteiger partial charge in [-0.3, -0.25) is 0 Å². The third-order valence-corrected chi connectivity index (χ3v) is 3.01. The molecule has 0 aliphatic carbocycles. The summed E-state index contributed by atoms with van der Waals surface area (Å²) in [5, 5.41) is 0. The van der Waals surface area contributed by atoms with Gasteiger partial charge in [0.25, 0.3) is 0 Å². The van der Waals surface area contributed by atoms with Crippen molar-refractivity contribution in [3.63, 3.8) is 0 Å². The molecule has 1 aromatic rings. The number of hydrogen-bond donors (Lipinski definition) is 1. The molecule has 2 rings (SSSR count). The number of nitrogens with zero attached hydrogens (tertiary/aromatic N) is 2. The van der Waals surface area contributed by atoms with Crippen molar-refractivity contribution in [2.75, 3.05) is 37.4 Å². The molecule has 0 radical (unpaired) electrons. The van der Waals surface area contributed by atoms with Crippen molar-refractivity contribution in [1.29, 1.82) is 0 Å². The highest BCUT2D eigenvalue weighted by atomic mass is 16.5. The van der Waals surface area contributed by atoms with Crippen LogP contribution >= 0.6 is 0 Å². The summed E-state index contributed by atoms with van der Waals surface area (Å²) in [7, 11) is 1.76. The number of methoxy groups -OCH3 is 1. The molecule has 0 amide bonds. The van der Waals surface area contributed by atoms with Crippen LogP contribution in [0.4, 0.5) is 11.5 Å². The molecule has 2 heterocycles. The molecule has 0 aromatic carbocycles. The monoisotopic (exact) mass is 221 g/mol. The number of ether oxygens (including phenoxy) is 1. The van der Waals surface area contributed by atoms with E-state index in [0.717, 1.165) is 31.2 Å². The Hall–Kier alpha value is -1.29. The van der Waals surface area contributed by atoms with Gasteiger partial charge in [0, 0.05) is 38.1 Å². The molecule has 0 spiro atoms. The molecule has 1 aliphatic heterocycles. The number of nitrogens with two attached hydrogens (primary N) is 1. The lowest BCUT2D eigenvalue weighted by Gasteiger charge is -2.33. The Bertz CT molecular complexity index is 341. The molecule has 0 bridgehead atoms. The first-order valence-electron chi connectivity index (χ1n) is 5.75. The summed E-state index contributed by atoms with van der Waals surface area (Å²) in [6.45, 7) is 2.92. The lowest BCUT2D eigenvalue weighted by molar-refractivity contribution is 0.143. The largest absolute Gasteiger partial charge is 0.399 e. The predicted octanol–water partition coefficient (Wildman–Crippen LogP) is 1.53. The fraction of sp³-hybridized carbons (Fsp3) is 0.583. The minimum absolute atomic E-state index is 0.613. The van der Waals surface area contributed by atoms with Crippen LogP contribution in [0.15, 0.2) is 18.3 Å². The van der Waals surface area contributed by atoms with Crippen molar-refractivity contribution in [3.05, 3.63) is 18.3 Å². The van der Waals surface area contributed by atoms with Gasteiger partial charge in [-0.25, -0.2) is 4.98 Å². The minimum atomic E-state index is 0.613. The van der Waals surface area contributed by atoms with Crippen LogP contribution in [-0.2, 0) is 4.74 Å². The second-order valence-electron chi connectivity index (χ2n) is 4.36. The Kier molecular flexibility index (Phi) is 3.62. The zero-order chi connectivity index (χ0) is 11.4. The van der Waals surface area contributed by atoms with Crippen LogP contribution in [0.1, 0.15) is 12.8 Å². The highest BCUT2D eigenvalue weighted by molar-refractivity contribution is 5.50. The molecule has 4 heteroatoms. The first kappa shape index (κ1) is 11.2. The first-order chi connectivity index (χ1) is 7.79.